The summed E-state index contributed by atoms with van der Waals surface area (Å²) in [5.74, 6) is -1.38. The van der Waals surface area contributed by atoms with Gasteiger partial charge in [-0.2, -0.15) is 21.6 Å². The molecule has 0 fully saturated rings. The third kappa shape index (κ3) is 7.54. The van der Waals surface area contributed by atoms with Crippen molar-refractivity contribution in [1.82, 2.24) is 10.0 Å². The van der Waals surface area contributed by atoms with Gasteiger partial charge in [-0.05, 0) is 52.0 Å². The lowest BCUT2D eigenvalue weighted by Crippen LogP contribution is -2.57. The number of halogens is 7. The molecule has 0 N–H and O–H groups in total. The van der Waals surface area contributed by atoms with Crippen LogP contribution in [-0.2, 0) is 13.9 Å². The molecule has 0 aliphatic heterocycles. The van der Waals surface area contributed by atoms with E-state index in [9.17, 15) is 26.4 Å². The van der Waals surface area contributed by atoms with Crippen LogP contribution in [0.25, 0.3) is 0 Å². The van der Waals surface area contributed by atoms with Crippen molar-refractivity contribution >= 4 is 79.6 Å². The summed E-state index contributed by atoms with van der Waals surface area (Å²) < 4.78 is 63.4. The average Bonchev–Trinajstić information content (AvgIpc) is 2.74. The number of hydrogen-bond acceptors (Lipinski definition) is 5. The zero-order chi connectivity index (χ0) is 28.6. The molecule has 0 saturated heterocycles. The number of nitrogens with zero attached hydrogens (tertiary/aromatic N) is 2. The first kappa shape index (κ1) is 31.7. The van der Waals surface area contributed by atoms with Crippen molar-refractivity contribution in [3.05, 3.63) is 64.2 Å². The van der Waals surface area contributed by atoms with Crippen molar-refractivity contribution in [1.29, 1.82) is 0 Å². The van der Waals surface area contributed by atoms with Crippen LogP contribution < -0.4 is 4.18 Å². The molecule has 2 aromatic rings. The molecule has 1 amide bonds. The largest absolute Gasteiger partial charge is 0.534 e. The third-order valence-corrected chi connectivity index (χ3v) is 7.04. The van der Waals surface area contributed by atoms with Gasteiger partial charge in [0.05, 0.1) is 10.6 Å². The SMILES string of the molecule is CCN(C(=O)c1cccc(OS(=O)(=O)C(F)(F)F)c1)N(C(=S)c1ccc(C(Cl)(Cl)Cl)cc1Cl)C(C)(C)C. The zero-order valence-corrected chi connectivity index (χ0v) is 24.4. The smallest absolute Gasteiger partial charge is 0.376 e. The quantitative estimate of drug-likeness (QED) is 0.113. The summed E-state index contributed by atoms with van der Waals surface area (Å²) in [5, 5.41) is 2.89. The Kier molecular flexibility index (Phi) is 9.70. The Morgan fingerprint density at radius 1 is 1.05 bits per heavy atom. The van der Waals surface area contributed by atoms with Crippen LogP contribution in [0.15, 0.2) is 42.5 Å². The first-order valence-corrected chi connectivity index (χ1v) is 13.7. The van der Waals surface area contributed by atoms with Crippen LogP contribution in [0.2, 0.25) is 5.02 Å². The van der Waals surface area contributed by atoms with Crippen LogP contribution in [0, 0.1) is 0 Å². The molecule has 37 heavy (non-hydrogen) atoms. The second kappa shape index (κ2) is 11.3. The van der Waals surface area contributed by atoms with E-state index in [4.69, 9.17) is 58.6 Å². The molecule has 0 unspecified atom stereocenters. The van der Waals surface area contributed by atoms with Crippen LogP contribution in [-0.4, -0.2) is 46.9 Å². The molecule has 0 atom stereocenters. The number of hydrazine groups is 1. The molecule has 0 aliphatic rings. The first-order valence-electron chi connectivity index (χ1n) is 10.3. The van der Waals surface area contributed by atoms with Crippen molar-refractivity contribution < 1.29 is 30.6 Å². The number of carbonyl (C=O) groups excluding carboxylic acids is 1. The number of benzene rings is 2. The molecule has 15 heteroatoms. The molecule has 0 heterocycles. The summed E-state index contributed by atoms with van der Waals surface area (Å²) in [6.07, 6.45) is 0. The highest BCUT2D eigenvalue weighted by Gasteiger charge is 2.48. The minimum atomic E-state index is -5.93. The number of amides is 1. The Hall–Kier alpha value is -1.50. The third-order valence-electron chi connectivity index (χ3n) is 4.70. The van der Waals surface area contributed by atoms with E-state index in [1.165, 1.54) is 40.3 Å². The molecule has 0 saturated carbocycles. The van der Waals surface area contributed by atoms with E-state index < -0.39 is 36.6 Å². The van der Waals surface area contributed by atoms with Gasteiger partial charge in [0.1, 0.15) is 10.7 Å². The number of rotatable bonds is 5. The van der Waals surface area contributed by atoms with Crippen molar-refractivity contribution in [3.63, 3.8) is 0 Å². The summed E-state index contributed by atoms with van der Waals surface area (Å²) in [7, 11) is -5.93. The number of alkyl halides is 6. The van der Waals surface area contributed by atoms with Gasteiger partial charge < -0.3 is 4.18 Å². The fourth-order valence-electron chi connectivity index (χ4n) is 3.14. The molecular weight excluding hydrogens is 619 g/mol. The zero-order valence-electron chi connectivity index (χ0n) is 19.7. The summed E-state index contributed by atoms with van der Waals surface area (Å²) in [6, 6.07) is 8.84. The second-order valence-corrected chi connectivity index (χ2v) is 13.1. The van der Waals surface area contributed by atoms with Gasteiger partial charge in [0, 0.05) is 23.2 Å². The van der Waals surface area contributed by atoms with Crippen LogP contribution in [0.3, 0.4) is 0 Å². The van der Waals surface area contributed by atoms with Gasteiger partial charge >= 0.3 is 15.6 Å². The molecular formula is C22H21Cl4F3N2O4S2. The van der Waals surface area contributed by atoms with Crippen LogP contribution in [0.4, 0.5) is 13.2 Å². The van der Waals surface area contributed by atoms with E-state index in [-0.39, 0.29) is 22.1 Å². The summed E-state index contributed by atoms with van der Waals surface area (Å²) in [6.45, 7) is 7.05. The Bertz CT molecular complexity index is 1290. The molecule has 6 nitrogen and oxygen atoms in total. The predicted octanol–water partition coefficient (Wildman–Crippen LogP) is 7.25. The van der Waals surface area contributed by atoms with Crippen LogP contribution in [0.1, 0.15) is 49.2 Å². The van der Waals surface area contributed by atoms with E-state index >= 15 is 0 Å². The normalized spacial score (nSPS) is 12.7. The molecule has 0 aromatic heterocycles. The van der Waals surface area contributed by atoms with E-state index in [2.05, 4.69) is 4.18 Å². The van der Waals surface area contributed by atoms with E-state index in [0.717, 1.165) is 12.1 Å². The monoisotopic (exact) mass is 638 g/mol. The van der Waals surface area contributed by atoms with E-state index in [0.29, 0.717) is 11.1 Å². The fourth-order valence-corrected chi connectivity index (χ4v) is 4.82. The minimum absolute atomic E-state index is 0.0754. The molecule has 2 aromatic carbocycles. The van der Waals surface area contributed by atoms with E-state index in [1.54, 1.807) is 27.7 Å². The Morgan fingerprint density at radius 2 is 1.65 bits per heavy atom. The van der Waals surface area contributed by atoms with Gasteiger partial charge in [-0.1, -0.05) is 76.8 Å². The predicted molar refractivity (Wildman–Crippen MR) is 143 cm³/mol. The number of carbonyl (C=O) groups is 1. The lowest BCUT2D eigenvalue weighted by Gasteiger charge is -2.45. The van der Waals surface area contributed by atoms with Gasteiger partial charge in [-0.25, -0.2) is 5.01 Å². The van der Waals surface area contributed by atoms with Crippen LogP contribution >= 0.6 is 58.6 Å². The fraction of sp³-hybridized carbons (Fsp3) is 0.364. The molecule has 204 valence electrons. The van der Waals surface area contributed by atoms with Crippen molar-refractivity contribution in [3.8, 4) is 5.75 Å². The Morgan fingerprint density at radius 3 is 2.11 bits per heavy atom. The van der Waals surface area contributed by atoms with Gasteiger partial charge in [0.15, 0.2) is 0 Å². The maximum atomic E-state index is 13.5. The van der Waals surface area contributed by atoms with Gasteiger partial charge in [-0.15, -0.1) is 0 Å². The minimum Gasteiger partial charge on any atom is -0.376 e. The Balaban J connectivity index is 2.50. The number of hydrogen-bond donors (Lipinski definition) is 0. The highest BCUT2D eigenvalue weighted by atomic mass is 35.6. The van der Waals surface area contributed by atoms with Crippen molar-refractivity contribution in [2.24, 2.45) is 0 Å². The lowest BCUT2D eigenvalue weighted by molar-refractivity contribution is -0.0500. The maximum Gasteiger partial charge on any atom is 0.534 e. The highest BCUT2D eigenvalue weighted by molar-refractivity contribution is 7.88. The van der Waals surface area contributed by atoms with Gasteiger partial charge in [0.2, 0.25) is 3.79 Å². The topological polar surface area (TPSA) is 66.9 Å². The highest BCUT2D eigenvalue weighted by Crippen LogP contribution is 2.40. The molecule has 0 bridgehead atoms. The van der Waals surface area contributed by atoms with Gasteiger partial charge in [-0.3, -0.25) is 9.80 Å². The standard InChI is InChI=1S/C22H21Cl4F3N2O4S2/c1-5-30(18(32)13-7-6-8-15(11-13)35-37(33,34)22(27,28)29)31(20(2,3)4)19(36)16-10-9-14(12-17(16)23)21(24,25)26/h6-12H,5H2,1-4H3. The maximum absolute atomic E-state index is 13.5. The first-order chi connectivity index (χ1) is 16.7. The Labute approximate surface area is 238 Å². The second-order valence-electron chi connectivity index (χ2n) is 8.51. The molecule has 2 rings (SSSR count). The van der Waals surface area contributed by atoms with Crippen molar-refractivity contribution in [2.75, 3.05) is 6.54 Å². The summed E-state index contributed by atoms with van der Waals surface area (Å²) in [5.41, 5.74) is -5.93. The summed E-state index contributed by atoms with van der Waals surface area (Å²) in [4.78, 5) is 13.6. The van der Waals surface area contributed by atoms with Gasteiger partial charge in [0.25, 0.3) is 5.91 Å². The molecule has 0 radical (unpaired) electrons. The molecule has 0 spiro atoms. The molecule has 0 aliphatic carbocycles. The average molecular weight is 640 g/mol. The van der Waals surface area contributed by atoms with Crippen molar-refractivity contribution in [2.45, 2.75) is 42.5 Å². The van der Waals surface area contributed by atoms with Crippen LogP contribution in [0.5, 0.6) is 5.75 Å². The number of thiocarbonyl (C=S) groups is 1. The summed E-state index contributed by atoms with van der Waals surface area (Å²) >= 11 is 29.9. The van der Waals surface area contributed by atoms with E-state index in [1.807, 2.05) is 0 Å². The lowest BCUT2D eigenvalue weighted by atomic mass is 10.1.